The number of carbonyl (C=O) groups excluding carboxylic acids is 1. The number of Topliss-reactive ketones (excluding diaryl/α,β-unsaturated/α-hetero) is 1. The lowest BCUT2D eigenvalue weighted by molar-refractivity contribution is 0.0987. The number of hydrogen-bond donors (Lipinski definition) is 0. The summed E-state index contributed by atoms with van der Waals surface area (Å²) in [6, 6.07) is 6.44. The molecule has 1 saturated carbocycles. The van der Waals surface area contributed by atoms with Gasteiger partial charge in [-0.2, -0.15) is 0 Å². The summed E-state index contributed by atoms with van der Waals surface area (Å²) in [5, 5.41) is 0. The largest absolute Gasteiger partial charge is 0.294 e. The molecular formula is C16H22O. The number of hydrogen-bond acceptors (Lipinski definition) is 1. The van der Waals surface area contributed by atoms with Gasteiger partial charge < -0.3 is 0 Å². The second-order valence-corrected chi connectivity index (χ2v) is 5.03. The zero-order valence-corrected chi connectivity index (χ0v) is 11.0. The second kappa shape index (κ2) is 5.48. The Hall–Kier alpha value is -1.11. The molecule has 1 aromatic carbocycles. The molecule has 0 spiro atoms. The Bertz CT molecular complexity index is 400. The second-order valence-electron chi connectivity index (χ2n) is 5.03. The first kappa shape index (κ1) is 12.3. The summed E-state index contributed by atoms with van der Waals surface area (Å²) in [6.45, 7) is 4.13. The Morgan fingerprint density at radius 1 is 1.24 bits per heavy atom. The van der Waals surface area contributed by atoms with Crippen LogP contribution in [-0.2, 0) is 6.42 Å². The van der Waals surface area contributed by atoms with E-state index in [1.807, 2.05) is 6.92 Å². The maximum Gasteiger partial charge on any atom is 0.162 e. The molecule has 92 valence electrons. The molecule has 1 nitrogen and oxygen atoms in total. The minimum Gasteiger partial charge on any atom is -0.294 e. The summed E-state index contributed by atoms with van der Waals surface area (Å²) in [6.07, 6.45) is 6.83. The first-order valence-corrected chi connectivity index (χ1v) is 6.92. The fourth-order valence-electron chi connectivity index (χ4n) is 2.85. The van der Waals surface area contributed by atoms with Crippen LogP contribution in [0, 0.1) is 0 Å². The molecule has 0 unspecified atom stereocenters. The van der Waals surface area contributed by atoms with Gasteiger partial charge in [0.1, 0.15) is 0 Å². The molecule has 0 atom stereocenters. The lowest BCUT2D eigenvalue weighted by atomic mass is 9.88. The summed E-state index contributed by atoms with van der Waals surface area (Å²) in [7, 11) is 0. The van der Waals surface area contributed by atoms with E-state index in [0.29, 0.717) is 18.1 Å². The van der Waals surface area contributed by atoms with Gasteiger partial charge in [0, 0.05) is 12.0 Å². The first-order chi connectivity index (χ1) is 8.26. The van der Waals surface area contributed by atoms with Crippen molar-refractivity contribution in [3.05, 3.63) is 34.9 Å². The van der Waals surface area contributed by atoms with Gasteiger partial charge in [-0.1, -0.05) is 44.9 Å². The quantitative estimate of drug-likeness (QED) is 0.696. The number of carbonyl (C=O) groups is 1. The monoisotopic (exact) mass is 230 g/mol. The molecule has 2 rings (SSSR count). The van der Waals surface area contributed by atoms with Gasteiger partial charge >= 0.3 is 0 Å². The van der Waals surface area contributed by atoms with E-state index in [0.717, 1.165) is 12.0 Å². The minimum atomic E-state index is 0.301. The Kier molecular flexibility index (Phi) is 3.98. The molecule has 0 saturated heterocycles. The predicted octanol–water partition coefficient (Wildman–Crippen LogP) is 4.50. The maximum absolute atomic E-state index is 12.0. The molecule has 0 aromatic heterocycles. The molecule has 1 aromatic rings. The van der Waals surface area contributed by atoms with Gasteiger partial charge in [-0.05, 0) is 36.3 Å². The highest BCUT2D eigenvalue weighted by Crippen LogP contribution is 2.36. The number of aryl methyl sites for hydroxylation is 1. The fraction of sp³-hybridized carbons (Fsp3) is 0.562. The van der Waals surface area contributed by atoms with Crippen molar-refractivity contribution in [2.45, 2.75) is 58.3 Å². The zero-order valence-electron chi connectivity index (χ0n) is 11.0. The normalized spacial score (nSPS) is 16.4. The average molecular weight is 230 g/mol. The maximum atomic E-state index is 12.0. The van der Waals surface area contributed by atoms with E-state index < -0.39 is 0 Å². The third-order valence-electron chi connectivity index (χ3n) is 3.94. The molecular weight excluding hydrogens is 208 g/mol. The first-order valence-electron chi connectivity index (χ1n) is 6.92. The van der Waals surface area contributed by atoms with Gasteiger partial charge in [-0.3, -0.25) is 4.79 Å². The van der Waals surface area contributed by atoms with E-state index in [1.165, 1.54) is 36.8 Å². The van der Waals surface area contributed by atoms with E-state index in [4.69, 9.17) is 0 Å². The highest BCUT2D eigenvalue weighted by Gasteiger charge is 2.22. The molecule has 1 fully saturated rings. The molecule has 1 heteroatoms. The van der Waals surface area contributed by atoms with E-state index in [1.54, 1.807) is 0 Å². The van der Waals surface area contributed by atoms with E-state index >= 15 is 0 Å². The smallest absolute Gasteiger partial charge is 0.162 e. The zero-order chi connectivity index (χ0) is 12.3. The molecule has 1 aliphatic rings. The van der Waals surface area contributed by atoms with Crippen LogP contribution in [0.4, 0.5) is 0 Å². The van der Waals surface area contributed by atoms with E-state index in [2.05, 4.69) is 25.1 Å². The van der Waals surface area contributed by atoms with Crippen molar-refractivity contribution >= 4 is 5.78 Å². The van der Waals surface area contributed by atoms with Gasteiger partial charge in [0.2, 0.25) is 0 Å². The Morgan fingerprint density at radius 3 is 2.53 bits per heavy atom. The molecule has 0 aliphatic heterocycles. The van der Waals surface area contributed by atoms with Crippen molar-refractivity contribution in [3.8, 4) is 0 Å². The average Bonchev–Trinajstić information content (AvgIpc) is 2.91. The van der Waals surface area contributed by atoms with Gasteiger partial charge in [-0.25, -0.2) is 0 Å². The van der Waals surface area contributed by atoms with Crippen LogP contribution < -0.4 is 0 Å². The lowest BCUT2D eigenvalue weighted by Crippen LogP contribution is -2.06. The van der Waals surface area contributed by atoms with Crippen molar-refractivity contribution in [2.75, 3.05) is 0 Å². The van der Waals surface area contributed by atoms with Gasteiger partial charge in [0.15, 0.2) is 5.78 Å². The topological polar surface area (TPSA) is 17.1 Å². The summed E-state index contributed by atoms with van der Waals surface area (Å²) in [4.78, 5) is 12.0. The molecule has 0 bridgehead atoms. The lowest BCUT2D eigenvalue weighted by Gasteiger charge is -2.15. The fourth-order valence-corrected chi connectivity index (χ4v) is 2.85. The van der Waals surface area contributed by atoms with Crippen molar-refractivity contribution in [1.29, 1.82) is 0 Å². The SMILES string of the molecule is CCC(=O)c1ccc(CC)cc1C1CCCC1. The van der Waals surface area contributed by atoms with Crippen molar-refractivity contribution < 1.29 is 4.79 Å². The van der Waals surface area contributed by atoms with Gasteiger partial charge in [0.05, 0.1) is 0 Å². The summed E-state index contributed by atoms with van der Waals surface area (Å²) in [5.74, 6) is 0.932. The Balaban J connectivity index is 2.39. The van der Waals surface area contributed by atoms with Crippen LogP contribution in [0.2, 0.25) is 0 Å². The van der Waals surface area contributed by atoms with Gasteiger partial charge in [0.25, 0.3) is 0 Å². The third kappa shape index (κ3) is 2.59. The molecule has 0 N–H and O–H groups in total. The van der Waals surface area contributed by atoms with Crippen molar-refractivity contribution in [2.24, 2.45) is 0 Å². The van der Waals surface area contributed by atoms with E-state index in [9.17, 15) is 4.79 Å². The molecule has 0 radical (unpaired) electrons. The van der Waals surface area contributed by atoms with Crippen LogP contribution in [0.15, 0.2) is 18.2 Å². The van der Waals surface area contributed by atoms with Crippen LogP contribution in [0.3, 0.4) is 0 Å². The standard InChI is InChI=1S/C16H22O/c1-3-12-9-10-14(16(17)4-2)15(11-12)13-7-5-6-8-13/h9-11,13H,3-8H2,1-2H3. The Labute approximate surface area is 104 Å². The molecule has 1 aliphatic carbocycles. The predicted molar refractivity (Wildman–Crippen MR) is 71.7 cm³/mol. The molecule has 0 amide bonds. The highest BCUT2D eigenvalue weighted by atomic mass is 16.1. The summed E-state index contributed by atoms with van der Waals surface area (Å²) >= 11 is 0. The number of benzene rings is 1. The van der Waals surface area contributed by atoms with Crippen LogP contribution in [0.25, 0.3) is 0 Å². The van der Waals surface area contributed by atoms with E-state index in [-0.39, 0.29) is 0 Å². The van der Waals surface area contributed by atoms with Gasteiger partial charge in [-0.15, -0.1) is 0 Å². The minimum absolute atomic E-state index is 0.301. The number of ketones is 1. The Morgan fingerprint density at radius 2 is 1.94 bits per heavy atom. The highest BCUT2D eigenvalue weighted by molar-refractivity contribution is 5.97. The van der Waals surface area contributed by atoms with Crippen molar-refractivity contribution in [1.82, 2.24) is 0 Å². The van der Waals surface area contributed by atoms with Crippen LogP contribution in [-0.4, -0.2) is 5.78 Å². The molecule has 0 heterocycles. The number of rotatable bonds is 4. The third-order valence-corrected chi connectivity index (χ3v) is 3.94. The molecule has 17 heavy (non-hydrogen) atoms. The summed E-state index contributed by atoms with van der Waals surface area (Å²) in [5.41, 5.74) is 3.67. The van der Waals surface area contributed by atoms with Crippen LogP contribution in [0.5, 0.6) is 0 Å². The van der Waals surface area contributed by atoms with Crippen LogP contribution in [0.1, 0.15) is 73.4 Å². The van der Waals surface area contributed by atoms with Crippen LogP contribution >= 0.6 is 0 Å². The summed E-state index contributed by atoms with van der Waals surface area (Å²) < 4.78 is 0. The van der Waals surface area contributed by atoms with Crippen molar-refractivity contribution in [3.63, 3.8) is 0 Å².